The van der Waals surface area contributed by atoms with Gasteiger partial charge in [0.15, 0.2) is 0 Å². The molecule has 0 heterocycles. The third kappa shape index (κ3) is 5.75. The van der Waals surface area contributed by atoms with E-state index in [2.05, 4.69) is 76.2 Å². The van der Waals surface area contributed by atoms with Crippen LogP contribution < -0.4 is 0 Å². The summed E-state index contributed by atoms with van der Waals surface area (Å²) in [6.45, 7) is 9.13. The summed E-state index contributed by atoms with van der Waals surface area (Å²) in [5.41, 5.74) is 7.28. The van der Waals surface area contributed by atoms with Crippen LogP contribution in [0.5, 0.6) is 0 Å². The van der Waals surface area contributed by atoms with E-state index in [1.807, 2.05) is 0 Å². The second kappa shape index (κ2) is 11.5. The Kier molecular flexibility index (Phi) is 9.71. The first-order valence-electron chi connectivity index (χ1n) is 9.84. The molecule has 3 heteroatoms. The normalized spacial score (nSPS) is 10.8. The number of hydrogen-bond acceptors (Lipinski definition) is 0. The van der Waals surface area contributed by atoms with Crippen molar-refractivity contribution in [2.75, 3.05) is 0 Å². The Morgan fingerprint density at radius 3 is 2.37 bits per heavy atom. The Bertz CT molecular complexity index is 849. The van der Waals surface area contributed by atoms with Gasteiger partial charge in [0.2, 0.25) is 0 Å². The average Bonchev–Trinajstić information content (AvgIpc) is 3.09. The number of benzene rings is 2. The van der Waals surface area contributed by atoms with E-state index in [1.165, 1.54) is 57.9 Å². The number of fused-ring (bicyclic) bond motifs is 1. The predicted molar refractivity (Wildman–Crippen MR) is 119 cm³/mol. The molecule has 3 aromatic carbocycles. The van der Waals surface area contributed by atoms with E-state index in [9.17, 15) is 0 Å². The number of halogens is 2. The van der Waals surface area contributed by atoms with Crippen molar-refractivity contribution >= 4 is 27.8 Å². The van der Waals surface area contributed by atoms with Crippen LogP contribution in [0.4, 0.5) is 0 Å². The summed E-state index contributed by atoms with van der Waals surface area (Å²) in [5.74, 6) is 0.531. The van der Waals surface area contributed by atoms with E-state index in [4.69, 9.17) is 17.0 Å². The Hall–Kier alpha value is -0.487. The summed E-state index contributed by atoms with van der Waals surface area (Å²) in [7, 11) is 9.87. The number of unbranched alkanes of at least 4 members (excludes halogenated alkanes) is 1. The van der Waals surface area contributed by atoms with Crippen molar-refractivity contribution in [2.24, 2.45) is 0 Å². The molecular weight excluding hydrogens is 450 g/mol. The van der Waals surface area contributed by atoms with Gasteiger partial charge in [0, 0.05) is 0 Å². The quantitative estimate of drug-likeness (QED) is 0.310. The predicted octanol–water partition coefficient (Wildman–Crippen LogP) is 8.63. The van der Waals surface area contributed by atoms with Crippen LogP contribution in [0.2, 0.25) is 0 Å². The van der Waals surface area contributed by atoms with Crippen LogP contribution in [0.1, 0.15) is 63.1 Å². The second-order valence-electron chi connectivity index (χ2n) is 7.24. The van der Waals surface area contributed by atoms with Crippen molar-refractivity contribution in [1.29, 1.82) is 0 Å². The van der Waals surface area contributed by atoms with Crippen molar-refractivity contribution in [3.8, 4) is 11.1 Å². The molecule has 0 spiro atoms. The van der Waals surface area contributed by atoms with Crippen LogP contribution >= 0.6 is 17.0 Å². The van der Waals surface area contributed by atoms with E-state index in [-0.39, 0.29) is 0 Å². The summed E-state index contributed by atoms with van der Waals surface area (Å²) in [6, 6.07) is 18.4. The second-order valence-corrected chi connectivity index (χ2v) is 11.0. The fourth-order valence-electron chi connectivity index (χ4n) is 3.74. The van der Waals surface area contributed by atoms with E-state index >= 15 is 0 Å². The monoisotopic (exact) mass is 477 g/mol. The summed E-state index contributed by atoms with van der Waals surface area (Å²) in [5, 5.41) is 2.83. The van der Waals surface area contributed by atoms with Gasteiger partial charge in [-0.3, -0.25) is 0 Å². The molecule has 0 aliphatic rings. The molecule has 0 atom stereocenters. The Morgan fingerprint density at radius 2 is 1.74 bits per heavy atom. The van der Waals surface area contributed by atoms with Crippen LogP contribution in [0.15, 0.2) is 48.5 Å². The molecule has 0 aliphatic carbocycles. The molecule has 0 bridgehead atoms. The summed E-state index contributed by atoms with van der Waals surface area (Å²) < 4.78 is 0. The molecule has 0 fully saturated rings. The number of hydrogen-bond donors (Lipinski definition) is 0. The molecule has 0 saturated carbocycles. The molecule has 0 aromatic heterocycles. The van der Waals surface area contributed by atoms with Crippen LogP contribution in [-0.2, 0) is 33.7 Å². The summed E-state index contributed by atoms with van der Waals surface area (Å²) in [4.78, 5) is 0. The summed E-state index contributed by atoms with van der Waals surface area (Å²) >= 11 is -0.826. The molecule has 3 aromatic rings. The van der Waals surface area contributed by atoms with Gasteiger partial charge in [-0.05, 0) is 29.9 Å². The molecule has 0 amide bonds. The molecule has 0 radical (unpaired) electrons. The first-order valence-corrected chi connectivity index (χ1v) is 16.2. The third-order valence-electron chi connectivity index (χ3n) is 5.09. The molecule has 0 nitrogen and oxygen atoms in total. The Balaban J connectivity index is 0.000000817. The Morgan fingerprint density at radius 1 is 1.04 bits per heavy atom. The van der Waals surface area contributed by atoms with E-state index in [0.29, 0.717) is 5.92 Å². The van der Waals surface area contributed by atoms with Crippen molar-refractivity contribution in [3.63, 3.8) is 0 Å². The van der Waals surface area contributed by atoms with Crippen LogP contribution in [0.3, 0.4) is 0 Å². The van der Waals surface area contributed by atoms with Crippen LogP contribution in [0, 0.1) is 0 Å². The minimum atomic E-state index is -0.826. The molecule has 0 aliphatic heterocycles. The van der Waals surface area contributed by atoms with Gasteiger partial charge in [-0.15, -0.1) is 34.5 Å². The van der Waals surface area contributed by atoms with E-state index in [1.54, 1.807) is 0 Å². The topological polar surface area (TPSA) is 0 Å². The van der Waals surface area contributed by atoms with Gasteiger partial charge in [0.05, 0.1) is 0 Å². The van der Waals surface area contributed by atoms with Crippen LogP contribution in [-0.4, -0.2) is 0 Å². The SMILES string of the molecule is CCCCc1cc2c(-c3ccccc3CC)c(C(C)C)ccc2[cH-]1.[Cl][Zr][Cl]. The van der Waals surface area contributed by atoms with Crippen molar-refractivity contribution < 1.29 is 20.8 Å². The first kappa shape index (κ1) is 22.8. The summed E-state index contributed by atoms with van der Waals surface area (Å²) in [6.07, 6.45) is 4.79. The van der Waals surface area contributed by atoms with Gasteiger partial charge in [0.1, 0.15) is 0 Å². The maximum absolute atomic E-state index is 4.93. The molecule has 0 N–H and O–H groups in total. The van der Waals surface area contributed by atoms with E-state index < -0.39 is 20.8 Å². The van der Waals surface area contributed by atoms with Crippen molar-refractivity contribution in [2.45, 2.75) is 59.3 Å². The molecule has 0 saturated heterocycles. The zero-order valence-corrected chi connectivity index (χ0v) is 20.8. The van der Waals surface area contributed by atoms with Gasteiger partial charge in [-0.25, -0.2) is 0 Å². The van der Waals surface area contributed by atoms with Crippen molar-refractivity contribution in [3.05, 3.63) is 65.2 Å². The standard InChI is InChI=1S/C24H29.2ClH.Zr/c1-5-7-10-18-15-20-13-14-21(17(3)4)24(23(20)16-18)22-12-9-8-11-19(22)6-2;;;/h8-9,11-17H,5-7,10H2,1-4H3;2*1H;/q-1;;;+2/p-2. The van der Waals surface area contributed by atoms with Gasteiger partial charge in [-0.1, -0.05) is 75.9 Å². The molecular formula is C24H29Cl2Zr-. The molecule has 0 unspecified atom stereocenters. The molecule has 27 heavy (non-hydrogen) atoms. The first-order chi connectivity index (χ1) is 13.1. The molecule has 3 rings (SSSR count). The van der Waals surface area contributed by atoms with Crippen molar-refractivity contribution in [1.82, 2.24) is 0 Å². The minimum absolute atomic E-state index is 0.531. The van der Waals surface area contributed by atoms with Gasteiger partial charge < -0.3 is 0 Å². The van der Waals surface area contributed by atoms with Gasteiger partial charge in [-0.2, -0.15) is 6.07 Å². The fourth-order valence-corrected chi connectivity index (χ4v) is 3.74. The Labute approximate surface area is 183 Å². The van der Waals surface area contributed by atoms with E-state index in [0.717, 1.165) is 6.42 Å². The molecule has 144 valence electrons. The van der Waals surface area contributed by atoms with Gasteiger partial charge >= 0.3 is 37.9 Å². The zero-order valence-electron chi connectivity index (χ0n) is 16.8. The zero-order chi connectivity index (χ0) is 19.8. The van der Waals surface area contributed by atoms with Gasteiger partial charge in [0.25, 0.3) is 0 Å². The number of rotatable bonds is 6. The average molecular weight is 480 g/mol. The number of aryl methyl sites for hydroxylation is 2. The third-order valence-corrected chi connectivity index (χ3v) is 5.09. The fraction of sp³-hybridized carbons (Fsp3) is 0.375. The maximum atomic E-state index is 4.93. The van der Waals surface area contributed by atoms with Crippen LogP contribution in [0.25, 0.3) is 21.9 Å².